The predicted octanol–water partition coefficient (Wildman–Crippen LogP) is 3.01. The van der Waals surface area contributed by atoms with Crippen molar-refractivity contribution in [2.45, 2.75) is 12.3 Å². The molecule has 1 unspecified atom stereocenters. The largest absolute Gasteiger partial charge is 0.497 e. The van der Waals surface area contributed by atoms with Crippen molar-refractivity contribution in [1.29, 1.82) is 0 Å². The topological polar surface area (TPSA) is 89.7 Å². The van der Waals surface area contributed by atoms with Crippen molar-refractivity contribution >= 4 is 11.7 Å². The molecular formula is C16H15NO5. The number of carboxylic acid groups (broad SMARTS) is 1. The molecule has 0 aliphatic rings. The Labute approximate surface area is 127 Å². The summed E-state index contributed by atoms with van der Waals surface area (Å²) in [5.74, 6) is -1.26. The number of rotatable bonds is 6. The normalized spacial score (nSPS) is 11.7. The second-order valence-corrected chi connectivity index (χ2v) is 4.75. The molecule has 0 radical (unpaired) electrons. The molecule has 0 aliphatic heterocycles. The number of benzene rings is 2. The molecule has 0 saturated heterocycles. The highest BCUT2D eigenvalue weighted by Crippen LogP contribution is 2.27. The van der Waals surface area contributed by atoms with Crippen molar-refractivity contribution < 1.29 is 19.6 Å². The zero-order chi connectivity index (χ0) is 16.1. The summed E-state index contributed by atoms with van der Waals surface area (Å²) >= 11 is 0. The fraction of sp³-hybridized carbons (Fsp3) is 0.188. The van der Waals surface area contributed by atoms with Gasteiger partial charge in [-0.2, -0.15) is 0 Å². The number of methoxy groups -OCH3 is 1. The van der Waals surface area contributed by atoms with E-state index in [4.69, 9.17) is 4.74 Å². The van der Waals surface area contributed by atoms with Gasteiger partial charge < -0.3 is 9.84 Å². The maximum atomic E-state index is 11.5. The van der Waals surface area contributed by atoms with Gasteiger partial charge >= 0.3 is 5.97 Å². The lowest BCUT2D eigenvalue weighted by Crippen LogP contribution is -2.15. The minimum atomic E-state index is -1.02. The fourth-order valence-electron chi connectivity index (χ4n) is 2.27. The average molecular weight is 301 g/mol. The van der Waals surface area contributed by atoms with Gasteiger partial charge in [-0.3, -0.25) is 14.9 Å². The summed E-state index contributed by atoms with van der Waals surface area (Å²) in [6.45, 7) is 0. The van der Waals surface area contributed by atoms with Crippen LogP contribution in [0, 0.1) is 10.1 Å². The van der Waals surface area contributed by atoms with Crippen LogP contribution in [-0.4, -0.2) is 23.1 Å². The van der Waals surface area contributed by atoms with E-state index in [2.05, 4.69) is 0 Å². The lowest BCUT2D eigenvalue weighted by molar-refractivity contribution is -0.385. The van der Waals surface area contributed by atoms with Crippen LogP contribution in [0.2, 0.25) is 0 Å². The van der Waals surface area contributed by atoms with Crippen molar-refractivity contribution in [2.75, 3.05) is 7.11 Å². The summed E-state index contributed by atoms with van der Waals surface area (Å²) in [5, 5.41) is 20.5. The SMILES string of the molecule is COc1ccc(C(Cc2ccccc2[N+](=O)[O-])C(=O)O)cc1. The Hall–Kier alpha value is -2.89. The number of nitro benzene ring substituents is 1. The maximum absolute atomic E-state index is 11.5. The first-order valence-electron chi connectivity index (χ1n) is 6.62. The first-order chi connectivity index (χ1) is 10.5. The van der Waals surface area contributed by atoms with Crippen LogP contribution in [0.15, 0.2) is 48.5 Å². The van der Waals surface area contributed by atoms with Crippen LogP contribution in [-0.2, 0) is 11.2 Å². The van der Waals surface area contributed by atoms with Gasteiger partial charge in [0, 0.05) is 11.6 Å². The highest BCUT2D eigenvalue weighted by Gasteiger charge is 2.24. The number of para-hydroxylation sites is 1. The first-order valence-corrected chi connectivity index (χ1v) is 6.62. The highest BCUT2D eigenvalue weighted by molar-refractivity contribution is 5.77. The van der Waals surface area contributed by atoms with Gasteiger partial charge in [-0.15, -0.1) is 0 Å². The third-order valence-electron chi connectivity index (χ3n) is 3.43. The molecule has 22 heavy (non-hydrogen) atoms. The average Bonchev–Trinajstić information content (AvgIpc) is 2.52. The van der Waals surface area contributed by atoms with Crippen LogP contribution in [0.4, 0.5) is 5.69 Å². The molecule has 2 aromatic rings. The number of nitrogens with zero attached hydrogens (tertiary/aromatic N) is 1. The molecule has 6 heteroatoms. The van der Waals surface area contributed by atoms with Gasteiger partial charge in [-0.1, -0.05) is 30.3 Å². The van der Waals surface area contributed by atoms with Crippen LogP contribution in [0.1, 0.15) is 17.0 Å². The van der Waals surface area contributed by atoms with Crippen LogP contribution < -0.4 is 4.74 Å². The van der Waals surface area contributed by atoms with Crippen LogP contribution in [0.5, 0.6) is 5.75 Å². The number of carboxylic acids is 1. The van der Waals surface area contributed by atoms with Crippen molar-refractivity contribution in [1.82, 2.24) is 0 Å². The molecule has 2 aromatic carbocycles. The summed E-state index contributed by atoms with van der Waals surface area (Å²) in [7, 11) is 1.52. The van der Waals surface area contributed by atoms with E-state index in [1.54, 1.807) is 42.5 Å². The second-order valence-electron chi connectivity index (χ2n) is 4.75. The summed E-state index contributed by atoms with van der Waals surface area (Å²) in [6, 6.07) is 12.8. The van der Waals surface area contributed by atoms with Crippen LogP contribution in [0.3, 0.4) is 0 Å². The quantitative estimate of drug-likeness (QED) is 0.654. The van der Waals surface area contributed by atoms with E-state index in [-0.39, 0.29) is 12.1 Å². The molecule has 1 atom stereocenters. The minimum Gasteiger partial charge on any atom is -0.497 e. The lowest BCUT2D eigenvalue weighted by Gasteiger charge is -2.13. The number of carbonyl (C=O) groups is 1. The standard InChI is InChI=1S/C16H15NO5/c1-22-13-8-6-11(7-9-13)14(16(18)19)10-12-4-2-3-5-15(12)17(20)21/h2-9,14H,10H2,1H3,(H,18,19). The summed E-state index contributed by atoms with van der Waals surface area (Å²) in [6.07, 6.45) is 0.0544. The zero-order valence-corrected chi connectivity index (χ0v) is 11.9. The Morgan fingerprint density at radius 2 is 1.86 bits per heavy atom. The van der Waals surface area contributed by atoms with Gasteiger partial charge in [0.05, 0.1) is 18.0 Å². The van der Waals surface area contributed by atoms with Crippen molar-refractivity contribution in [3.63, 3.8) is 0 Å². The molecular weight excluding hydrogens is 286 g/mol. The second kappa shape index (κ2) is 6.71. The Kier molecular flexibility index (Phi) is 4.73. The molecule has 0 amide bonds. The highest BCUT2D eigenvalue weighted by atomic mass is 16.6. The van der Waals surface area contributed by atoms with Crippen molar-refractivity contribution in [2.24, 2.45) is 0 Å². The van der Waals surface area contributed by atoms with Gasteiger partial charge in [-0.25, -0.2) is 0 Å². The third-order valence-corrected chi connectivity index (χ3v) is 3.43. The zero-order valence-electron chi connectivity index (χ0n) is 11.9. The number of aliphatic carboxylic acids is 1. The number of nitro groups is 1. The molecule has 0 saturated carbocycles. The van der Waals surface area contributed by atoms with Crippen LogP contribution in [0.25, 0.3) is 0 Å². The van der Waals surface area contributed by atoms with E-state index in [9.17, 15) is 20.0 Å². The molecule has 6 nitrogen and oxygen atoms in total. The molecule has 0 bridgehead atoms. The van der Waals surface area contributed by atoms with Gasteiger partial charge in [0.15, 0.2) is 0 Å². The molecule has 2 rings (SSSR count). The van der Waals surface area contributed by atoms with E-state index in [1.807, 2.05) is 0 Å². The number of ether oxygens (including phenoxy) is 1. The van der Waals surface area contributed by atoms with Crippen LogP contribution >= 0.6 is 0 Å². The molecule has 1 N–H and O–H groups in total. The minimum absolute atomic E-state index is 0.0544. The first kappa shape index (κ1) is 15.5. The summed E-state index contributed by atoms with van der Waals surface area (Å²) in [5.41, 5.74) is 0.907. The van der Waals surface area contributed by atoms with E-state index >= 15 is 0 Å². The molecule has 0 heterocycles. The lowest BCUT2D eigenvalue weighted by atomic mass is 9.91. The predicted molar refractivity (Wildman–Crippen MR) is 80.2 cm³/mol. The third kappa shape index (κ3) is 3.41. The fourth-order valence-corrected chi connectivity index (χ4v) is 2.27. The molecule has 0 fully saturated rings. The molecule has 0 spiro atoms. The summed E-state index contributed by atoms with van der Waals surface area (Å²) < 4.78 is 5.04. The summed E-state index contributed by atoms with van der Waals surface area (Å²) in [4.78, 5) is 22.1. The Morgan fingerprint density at radius 1 is 1.23 bits per heavy atom. The maximum Gasteiger partial charge on any atom is 0.311 e. The number of hydrogen-bond acceptors (Lipinski definition) is 4. The van der Waals surface area contributed by atoms with E-state index < -0.39 is 16.8 Å². The van der Waals surface area contributed by atoms with E-state index in [0.717, 1.165) is 0 Å². The van der Waals surface area contributed by atoms with E-state index in [0.29, 0.717) is 16.9 Å². The Balaban J connectivity index is 2.33. The van der Waals surface area contributed by atoms with Gasteiger partial charge in [0.1, 0.15) is 5.75 Å². The van der Waals surface area contributed by atoms with Gasteiger partial charge in [0.25, 0.3) is 5.69 Å². The Morgan fingerprint density at radius 3 is 2.41 bits per heavy atom. The smallest absolute Gasteiger partial charge is 0.311 e. The number of hydrogen-bond donors (Lipinski definition) is 1. The molecule has 0 aromatic heterocycles. The Bertz CT molecular complexity index is 681. The monoisotopic (exact) mass is 301 g/mol. The molecule has 114 valence electrons. The van der Waals surface area contributed by atoms with Crippen molar-refractivity contribution in [3.8, 4) is 5.75 Å². The van der Waals surface area contributed by atoms with Crippen molar-refractivity contribution in [3.05, 3.63) is 69.8 Å². The molecule has 0 aliphatic carbocycles. The van der Waals surface area contributed by atoms with E-state index in [1.165, 1.54) is 13.2 Å². The van der Waals surface area contributed by atoms with Gasteiger partial charge in [0.2, 0.25) is 0 Å². The van der Waals surface area contributed by atoms with Gasteiger partial charge in [-0.05, 0) is 24.1 Å².